The Labute approximate surface area is 130 Å². The second-order valence-corrected chi connectivity index (χ2v) is 5.34. The van der Waals surface area contributed by atoms with E-state index in [1.54, 1.807) is 20.0 Å². The second-order valence-electron chi connectivity index (χ2n) is 5.34. The number of fused-ring (bicyclic) bond motifs is 1. The molecule has 8 heteroatoms. The van der Waals surface area contributed by atoms with Crippen molar-refractivity contribution in [1.82, 2.24) is 9.88 Å². The molecule has 1 atom stereocenters. The quantitative estimate of drug-likeness (QED) is 0.886. The number of hydrogen-bond donors (Lipinski definition) is 2. The van der Waals surface area contributed by atoms with E-state index >= 15 is 0 Å². The summed E-state index contributed by atoms with van der Waals surface area (Å²) in [5.41, 5.74) is 0.635. The number of aromatic nitrogens is 1. The molecular weight excluding hydrogens is 313 g/mol. The molecule has 0 aliphatic carbocycles. The number of carbonyl (C=O) groups is 1. The van der Waals surface area contributed by atoms with E-state index in [1.165, 1.54) is 23.1 Å². The van der Waals surface area contributed by atoms with Crippen molar-refractivity contribution in [1.29, 1.82) is 0 Å². The number of aliphatic hydroxyl groups is 1. The smallest absolute Gasteiger partial charge is 0.406 e. The minimum Gasteiger partial charge on any atom is -0.406 e. The number of rotatable bonds is 5. The second kappa shape index (κ2) is 6.49. The van der Waals surface area contributed by atoms with E-state index in [0.717, 1.165) is 0 Å². The Hall–Kier alpha value is -2.22. The molecule has 0 fully saturated rings. The Kier molecular flexibility index (Phi) is 4.84. The molecule has 0 radical (unpaired) electrons. The molecule has 1 heterocycles. The largest absolute Gasteiger partial charge is 0.573 e. The van der Waals surface area contributed by atoms with Gasteiger partial charge in [0.15, 0.2) is 0 Å². The zero-order valence-corrected chi connectivity index (χ0v) is 12.6. The Morgan fingerprint density at radius 2 is 2.09 bits per heavy atom. The van der Waals surface area contributed by atoms with Crippen LogP contribution >= 0.6 is 0 Å². The van der Waals surface area contributed by atoms with E-state index in [0.29, 0.717) is 23.9 Å². The molecule has 1 aromatic heterocycles. The first-order valence-electron chi connectivity index (χ1n) is 6.98. The lowest BCUT2D eigenvalue weighted by Gasteiger charge is -2.17. The summed E-state index contributed by atoms with van der Waals surface area (Å²) in [4.78, 5) is 16.5. The topological polar surface area (TPSA) is 65.6 Å². The minimum atomic E-state index is -4.76. The molecule has 2 rings (SSSR count). The fraction of sp³-hybridized carbons (Fsp3) is 0.400. The molecule has 1 aromatic carbocycles. The number of nitrogens with zero attached hydrogens (tertiary/aromatic N) is 1. The van der Waals surface area contributed by atoms with Gasteiger partial charge in [0.25, 0.3) is 5.91 Å². The minimum absolute atomic E-state index is 0.261. The van der Waals surface area contributed by atoms with Crippen molar-refractivity contribution in [3.63, 3.8) is 0 Å². The summed E-state index contributed by atoms with van der Waals surface area (Å²) in [5, 5.41) is 9.84. The first-order valence-corrected chi connectivity index (χ1v) is 6.98. The van der Waals surface area contributed by atoms with Crippen LogP contribution in [0.3, 0.4) is 0 Å². The molecule has 1 unspecified atom stereocenters. The van der Waals surface area contributed by atoms with Gasteiger partial charge >= 0.3 is 6.36 Å². The Balaban J connectivity index is 2.18. The van der Waals surface area contributed by atoms with Crippen LogP contribution in [0.2, 0.25) is 0 Å². The number of hydrogen-bond acceptors (Lipinski definition) is 3. The molecule has 23 heavy (non-hydrogen) atoms. The van der Waals surface area contributed by atoms with Crippen LogP contribution < -0.4 is 4.74 Å². The van der Waals surface area contributed by atoms with Gasteiger partial charge in [-0.3, -0.25) is 4.79 Å². The van der Waals surface area contributed by atoms with Crippen molar-refractivity contribution in [2.75, 3.05) is 13.6 Å². The lowest BCUT2D eigenvalue weighted by molar-refractivity contribution is -0.274. The highest BCUT2D eigenvalue weighted by molar-refractivity contribution is 5.98. The average Bonchev–Trinajstić information content (AvgIpc) is 2.85. The van der Waals surface area contributed by atoms with Crippen LogP contribution in [-0.2, 0) is 0 Å². The summed E-state index contributed by atoms with van der Waals surface area (Å²) in [6.45, 7) is 2.00. The summed E-state index contributed by atoms with van der Waals surface area (Å²) >= 11 is 0. The first kappa shape index (κ1) is 17.1. The van der Waals surface area contributed by atoms with Gasteiger partial charge in [0.1, 0.15) is 11.4 Å². The van der Waals surface area contributed by atoms with Crippen LogP contribution in [0.4, 0.5) is 13.2 Å². The zero-order valence-electron chi connectivity index (χ0n) is 12.6. The predicted octanol–water partition coefficient (Wildman–Crippen LogP) is 2.91. The first-order chi connectivity index (χ1) is 10.7. The number of ether oxygens (including phenoxy) is 1. The molecule has 0 aliphatic heterocycles. The van der Waals surface area contributed by atoms with E-state index in [4.69, 9.17) is 0 Å². The van der Waals surface area contributed by atoms with Gasteiger partial charge in [0.05, 0.1) is 6.10 Å². The monoisotopic (exact) mass is 330 g/mol. The van der Waals surface area contributed by atoms with Crippen LogP contribution in [0, 0.1) is 0 Å². The average molecular weight is 330 g/mol. The summed E-state index contributed by atoms with van der Waals surface area (Å²) < 4.78 is 40.5. The van der Waals surface area contributed by atoms with Crippen molar-refractivity contribution < 1.29 is 27.8 Å². The Bertz CT molecular complexity index is 695. The lowest BCUT2D eigenvalue weighted by Crippen LogP contribution is -2.29. The highest BCUT2D eigenvalue weighted by Crippen LogP contribution is 2.27. The molecule has 0 aliphatic rings. The third-order valence-electron chi connectivity index (χ3n) is 3.29. The van der Waals surface area contributed by atoms with Crippen LogP contribution in [0.5, 0.6) is 5.75 Å². The number of halogens is 3. The maximum absolute atomic E-state index is 12.2. The molecule has 2 aromatic rings. The number of aliphatic hydroxyl groups excluding tert-OH is 1. The van der Waals surface area contributed by atoms with Crippen molar-refractivity contribution in [2.45, 2.75) is 25.8 Å². The normalized spacial score (nSPS) is 13.1. The van der Waals surface area contributed by atoms with Gasteiger partial charge in [-0.15, -0.1) is 13.2 Å². The molecule has 2 N–H and O–H groups in total. The van der Waals surface area contributed by atoms with E-state index in [1.807, 2.05) is 0 Å². The van der Waals surface area contributed by atoms with Gasteiger partial charge in [0.2, 0.25) is 0 Å². The van der Waals surface area contributed by atoms with Crippen molar-refractivity contribution in [3.8, 4) is 5.75 Å². The zero-order chi connectivity index (χ0) is 17.2. The fourth-order valence-corrected chi connectivity index (χ4v) is 2.11. The highest BCUT2D eigenvalue weighted by Gasteiger charge is 2.31. The summed E-state index contributed by atoms with van der Waals surface area (Å²) in [6, 6.07) is 5.39. The number of H-pyrrole nitrogens is 1. The molecule has 0 spiro atoms. The molecule has 5 nitrogen and oxygen atoms in total. The highest BCUT2D eigenvalue weighted by atomic mass is 19.4. The summed E-state index contributed by atoms with van der Waals surface area (Å²) in [5.74, 6) is -0.659. The SMILES string of the molecule is CC(O)CCN(C)C(=O)c1cc2ccc(OC(F)(F)F)cc2[nH]1. The number of nitrogens with one attached hydrogen (secondary N) is 1. The van der Waals surface area contributed by atoms with Gasteiger partial charge in [-0.1, -0.05) is 0 Å². The third-order valence-corrected chi connectivity index (χ3v) is 3.29. The van der Waals surface area contributed by atoms with Crippen molar-refractivity contribution >= 4 is 16.8 Å². The maximum Gasteiger partial charge on any atom is 0.573 e. The van der Waals surface area contributed by atoms with E-state index in [-0.39, 0.29) is 17.4 Å². The molecule has 0 saturated heterocycles. The van der Waals surface area contributed by atoms with Crippen molar-refractivity contribution in [3.05, 3.63) is 30.0 Å². The van der Waals surface area contributed by atoms with Gasteiger partial charge < -0.3 is 19.7 Å². The Morgan fingerprint density at radius 1 is 1.39 bits per heavy atom. The van der Waals surface area contributed by atoms with E-state index in [9.17, 15) is 23.1 Å². The number of alkyl halides is 3. The maximum atomic E-state index is 12.2. The van der Waals surface area contributed by atoms with Gasteiger partial charge in [-0.2, -0.15) is 0 Å². The molecule has 126 valence electrons. The molecule has 0 saturated carbocycles. The van der Waals surface area contributed by atoms with E-state index in [2.05, 4.69) is 9.72 Å². The van der Waals surface area contributed by atoms with Gasteiger partial charge in [-0.05, 0) is 31.5 Å². The third kappa shape index (κ3) is 4.62. The number of benzene rings is 1. The van der Waals surface area contributed by atoms with Crippen molar-refractivity contribution in [2.24, 2.45) is 0 Å². The van der Waals surface area contributed by atoms with Gasteiger partial charge in [-0.25, -0.2) is 0 Å². The van der Waals surface area contributed by atoms with Crippen LogP contribution in [0.1, 0.15) is 23.8 Å². The van der Waals surface area contributed by atoms with E-state index < -0.39 is 12.5 Å². The van der Waals surface area contributed by atoms with Gasteiger partial charge in [0, 0.05) is 30.6 Å². The lowest BCUT2D eigenvalue weighted by atomic mass is 10.2. The standard InChI is InChI=1S/C15H17F3N2O3/c1-9(21)5-6-20(2)14(22)13-7-10-3-4-11(8-12(10)19-13)23-15(16,17)18/h3-4,7-9,19,21H,5-6H2,1-2H3. The number of aromatic amines is 1. The predicted molar refractivity (Wildman–Crippen MR) is 78.2 cm³/mol. The Morgan fingerprint density at radius 3 is 2.70 bits per heavy atom. The van der Waals surface area contributed by atoms with Crippen LogP contribution in [0.15, 0.2) is 24.3 Å². The fourth-order valence-electron chi connectivity index (χ4n) is 2.11. The van der Waals surface area contributed by atoms with Crippen LogP contribution in [-0.4, -0.2) is 47.0 Å². The summed E-state index contributed by atoms with van der Waals surface area (Å²) in [6.07, 6.45) is -4.85. The molecule has 0 bridgehead atoms. The molecular formula is C15H17F3N2O3. The number of carbonyl (C=O) groups excluding carboxylic acids is 1. The summed E-state index contributed by atoms with van der Waals surface area (Å²) in [7, 11) is 1.59. The molecule has 1 amide bonds. The van der Waals surface area contributed by atoms with Crippen LogP contribution in [0.25, 0.3) is 10.9 Å². The number of amides is 1.